The van der Waals surface area contributed by atoms with Gasteiger partial charge in [-0.05, 0) is 110 Å². The predicted molar refractivity (Wildman–Crippen MR) is 249 cm³/mol. The van der Waals surface area contributed by atoms with Gasteiger partial charge in [-0.15, -0.1) is 0 Å². The van der Waals surface area contributed by atoms with Crippen molar-refractivity contribution in [3.63, 3.8) is 0 Å². The van der Waals surface area contributed by atoms with E-state index in [0.29, 0.717) is 13.2 Å². The number of hydrogen-bond donors (Lipinski definition) is 1. The highest BCUT2D eigenvalue weighted by Gasteiger charge is 2.48. The molecule has 340 valence electrons. The van der Waals surface area contributed by atoms with Crippen molar-refractivity contribution in [1.82, 2.24) is 4.90 Å². The van der Waals surface area contributed by atoms with Crippen LogP contribution in [0.4, 0.5) is 0 Å². The van der Waals surface area contributed by atoms with Crippen LogP contribution in [0.1, 0.15) is 215 Å². The molecule has 1 unspecified atom stereocenters. The van der Waals surface area contributed by atoms with Gasteiger partial charge >= 0.3 is 7.82 Å². The van der Waals surface area contributed by atoms with Crippen molar-refractivity contribution < 1.29 is 28.0 Å². The second-order valence-corrected chi connectivity index (χ2v) is 19.9. The number of likely N-dealkylation sites (N-methyl/N-ethyl adjacent to an activating group) is 1. The number of nitrogens with zero attached hydrogens (tertiary/aromatic N) is 1. The van der Waals surface area contributed by atoms with Crippen LogP contribution in [0.3, 0.4) is 0 Å². The number of allylic oxidation sites excluding steroid dienone is 8. The van der Waals surface area contributed by atoms with E-state index in [9.17, 15) is 9.46 Å². The van der Waals surface area contributed by atoms with Crippen LogP contribution in [-0.2, 0) is 23.1 Å². The third-order valence-electron chi connectivity index (χ3n) is 12.1. The summed E-state index contributed by atoms with van der Waals surface area (Å²) in [7, 11) is -0.752. The van der Waals surface area contributed by atoms with Crippen molar-refractivity contribution in [2.45, 2.75) is 232 Å². The highest BCUT2D eigenvalue weighted by Crippen LogP contribution is 2.45. The standard InChI is InChI=1S/C50H94NO6P/c1-9-11-13-15-17-19-21-23-25-27-29-31-33-35-37-39-41-50(42-40-38-36-34-32-30-28-26-24-22-20-18-16-14-12-10-2)55-45-47(57-50)48(3,4)46-49(5,6)51(7)43-44-56-58(52,53)54-8/h17-20,23-26,47H,9-16,21-22,27-46H2,1-8H3,(H,52,53)/b19-17-,20-18-,25-23-,26-24-/t47-/m1/s1. The second-order valence-electron chi connectivity index (χ2n) is 18.4. The van der Waals surface area contributed by atoms with Gasteiger partial charge in [0, 0.05) is 32.0 Å². The lowest BCUT2D eigenvalue weighted by atomic mass is 9.75. The fourth-order valence-electron chi connectivity index (χ4n) is 8.10. The monoisotopic (exact) mass is 836 g/mol. The molecule has 0 saturated carbocycles. The van der Waals surface area contributed by atoms with Gasteiger partial charge in [-0.1, -0.05) is 153 Å². The lowest BCUT2D eigenvalue weighted by molar-refractivity contribution is -0.191. The Morgan fingerprint density at radius 2 is 1.09 bits per heavy atom. The largest absolute Gasteiger partial charge is 0.471 e. The van der Waals surface area contributed by atoms with Gasteiger partial charge < -0.3 is 14.4 Å². The Kier molecular flexibility index (Phi) is 31.8. The van der Waals surface area contributed by atoms with E-state index in [2.05, 4.69) is 99.6 Å². The zero-order chi connectivity index (χ0) is 42.9. The van der Waals surface area contributed by atoms with Crippen molar-refractivity contribution in [2.75, 3.05) is 33.9 Å². The maximum Gasteiger partial charge on any atom is 0.471 e. The summed E-state index contributed by atoms with van der Waals surface area (Å²) in [6.07, 6.45) is 51.5. The Morgan fingerprint density at radius 1 is 0.672 bits per heavy atom. The molecule has 0 aromatic carbocycles. The number of phosphoric acid groups is 1. The van der Waals surface area contributed by atoms with E-state index in [1.54, 1.807) is 0 Å². The van der Waals surface area contributed by atoms with Crippen molar-refractivity contribution in [1.29, 1.82) is 0 Å². The van der Waals surface area contributed by atoms with Gasteiger partial charge in [0.15, 0.2) is 5.79 Å². The molecule has 0 aromatic rings. The molecule has 0 bridgehead atoms. The molecule has 1 fully saturated rings. The number of hydrogen-bond acceptors (Lipinski definition) is 6. The van der Waals surface area contributed by atoms with E-state index in [1.807, 2.05) is 7.05 Å². The Labute approximate surface area is 359 Å². The fourth-order valence-corrected chi connectivity index (χ4v) is 8.52. The van der Waals surface area contributed by atoms with Crippen LogP contribution in [0.2, 0.25) is 0 Å². The van der Waals surface area contributed by atoms with Crippen molar-refractivity contribution >= 4 is 7.82 Å². The smallest absolute Gasteiger partial charge is 0.347 e. The molecule has 0 amide bonds. The quantitative estimate of drug-likeness (QED) is 0.0375. The van der Waals surface area contributed by atoms with E-state index in [4.69, 9.17) is 14.0 Å². The Balaban J connectivity index is 2.57. The van der Waals surface area contributed by atoms with Crippen LogP contribution in [-0.4, -0.2) is 61.1 Å². The Morgan fingerprint density at radius 3 is 1.52 bits per heavy atom. The van der Waals surface area contributed by atoms with E-state index in [1.165, 1.54) is 136 Å². The lowest BCUT2D eigenvalue weighted by Gasteiger charge is -2.43. The van der Waals surface area contributed by atoms with Crippen LogP contribution in [0.5, 0.6) is 0 Å². The molecule has 0 spiro atoms. The molecule has 1 N–H and O–H groups in total. The number of rotatable bonds is 39. The molecule has 7 nitrogen and oxygen atoms in total. The fraction of sp³-hybridized carbons (Fsp3) is 0.840. The Hall–Kier alpha value is -1.05. The van der Waals surface area contributed by atoms with E-state index < -0.39 is 13.6 Å². The van der Waals surface area contributed by atoms with Gasteiger partial charge in [0.1, 0.15) is 0 Å². The van der Waals surface area contributed by atoms with Gasteiger partial charge in [-0.25, -0.2) is 4.57 Å². The molecule has 0 aromatic heterocycles. The van der Waals surface area contributed by atoms with Gasteiger partial charge in [-0.2, -0.15) is 0 Å². The van der Waals surface area contributed by atoms with E-state index in [0.717, 1.165) is 44.9 Å². The highest BCUT2D eigenvalue weighted by molar-refractivity contribution is 7.47. The molecule has 2 atom stereocenters. The van der Waals surface area contributed by atoms with Crippen molar-refractivity contribution in [3.8, 4) is 0 Å². The maximum atomic E-state index is 11.8. The first-order valence-electron chi connectivity index (χ1n) is 24.0. The molecule has 1 saturated heterocycles. The third kappa shape index (κ3) is 27.7. The lowest BCUT2D eigenvalue weighted by Crippen LogP contribution is -2.48. The first kappa shape index (κ1) is 55.0. The van der Waals surface area contributed by atoms with Crippen molar-refractivity contribution in [2.24, 2.45) is 5.41 Å². The third-order valence-corrected chi connectivity index (χ3v) is 13.0. The average molecular weight is 836 g/mol. The molecule has 58 heavy (non-hydrogen) atoms. The molecule has 1 rings (SSSR count). The minimum Gasteiger partial charge on any atom is -0.347 e. The zero-order valence-corrected chi connectivity index (χ0v) is 40.2. The summed E-state index contributed by atoms with van der Waals surface area (Å²) in [6.45, 7) is 14.8. The molecule has 1 aliphatic rings. The van der Waals surface area contributed by atoms with Crippen molar-refractivity contribution in [3.05, 3.63) is 48.6 Å². The normalized spacial score (nSPS) is 17.7. The zero-order valence-electron chi connectivity index (χ0n) is 39.3. The molecule has 1 aliphatic heterocycles. The second kappa shape index (κ2) is 33.6. The summed E-state index contributed by atoms with van der Waals surface area (Å²) in [5.74, 6) is -0.487. The number of phosphoric ester groups is 1. The highest BCUT2D eigenvalue weighted by atomic mass is 31.2. The van der Waals surface area contributed by atoms with Gasteiger partial charge in [0.05, 0.1) is 19.3 Å². The van der Waals surface area contributed by atoms with Crippen LogP contribution < -0.4 is 0 Å². The van der Waals surface area contributed by atoms with Crippen LogP contribution in [0.15, 0.2) is 48.6 Å². The predicted octanol–water partition coefficient (Wildman–Crippen LogP) is 15.4. The summed E-state index contributed by atoms with van der Waals surface area (Å²) in [4.78, 5) is 11.8. The summed E-state index contributed by atoms with van der Waals surface area (Å²) in [5.41, 5.74) is -0.312. The van der Waals surface area contributed by atoms with Crippen LogP contribution in [0, 0.1) is 5.41 Å². The van der Waals surface area contributed by atoms with Gasteiger partial charge in [0.25, 0.3) is 0 Å². The molecular weight excluding hydrogens is 742 g/mol. The van der Waals surface area contributed by atoms with Crippen LogP contribution >= 0.6 is 7.82 Å². The van der Waals surface area contributed by atoms with E-state index >= 15 is 0 Å². The van der Waals surface area contributed by atoms with Gasteiger partial charge in [-0.3, -0.25) is 13.9 Å². The topological polar surface area (TPSA) is 77.5 Å². The number of unbranched alkanes of at least 4 members (excludes halogenated alkanes) is 18. The molecular formula is C50H94NO6P. The average Bonchev–Trinajstić information content (AvgIpc) is 3.62. The summed E-state index contributed by atoms with van der Waals surface area (Å²) in [5, 5.41) is 0. The molecule has 1 heterocycles. The molecule has 0 radical (unpaired) electrons. The van der Waals surface area contributed by atoms with E-state index in [-0.39, 0.29) is 23.7 Å². The number of ether oxygens (including phenoxy) is 2. The summed E-state index contributed by atoms with van der Waals surface area (Å²) < 4.78 is 35.3. The van der Waals surface area contributed by atoms with Gasteiger partial charge in [0.2, 0.25) is 0 Å². The minimum atomic E-state index is -3.98. The first-order valence-corrected chi connectivity index (χ1v) is 25.5. The maximum absolute atomic E-state index is 11.8. The molecule has 0 aliphatic carbocycles. The Bertz CT molecular complexity index is 1100. The SMILES string of the molecule is CCCCC/C=C\C/C=C\CCCCCCCCC1(CCCCCCCC/C=C\C/C=C\CCCCC)OC[C@H](C(C)(C)CC(C)(C)N(C)CCOP(=O)(O)OC)O1. The van der Waals surface area contributed by atoms with Crippen LogP contribution in [0.25, 0.3) is 0 Å². The first-order chi connectivity index (χ1) is 27.8. The molecule has 8 heteroatoms. The summed E-state index contributed by atoms with van der Waals surface area (Å²) in [6, 6.07) is 0. The summed E-state index contributed by atoms with van der Waals surface area (Å²) >= 11 is 0. The minimum absolute atomic E-state index is 0.0109.